The van der Waals surface area contributed by atoms with Crippen molar-refractivity contribution in [1.29, 1.82) is 0 Å². The first kappa shape index (κ1) is 26.2. The Hall–Kier alpha value is -0.770. The summed E-state index contributed by atoms with van der Waals surface area (Å²) >= 11 is 0. The summed E-state index contributed by atoms with van der Waals surface area (Å²) in [7, 11) is 0. The van der Waals surface area contributed by atoms with Crippen LogP contribution in [0, 0.1) is 0 Å². The molecule has 0 saturated carbocycles. The zero-order valence-electron chi connectivity index (χ0n) is 17.9. The molecule has 1 fully saturated rings. The lowest BCUT2D eigenvalue weighted by Gasteiger charge is -2.35. The molecule has 3 N–H and O–H groups in total. The maximum atomic E-state index is 11.6. The highest BCUT2D eigenvalue weighted by atomic mass is 127. The van der Waals surface area contributed by atoms with Crippen LogP contribution in [0.2, 0.25) is 0 Å². The normalized spacial score (nSPS) is 16.6. The van der Waals surface area contributed by atoms with Crippen molar-refractivity contribution in [3.63, 3.8) is 0 Å². The van der Waals surface area contributed by atoms with Gasteiger partial charge in [0, 0.05) is 44.8 Å². The molecule has 0 atom stereocenters. The third kappa shape index (κ3) is 12.3. The zero-order valence-corrected chi connectivity index (χ0v) is 20.3. The zero-order chi connectivity index (χ0) is 19.6. The summed E-state index contributed by atoms with van der Waals surface area (Å²) in [6.07, 6.45) is 2.69. The SMILES string of the molecule is CCNC(=NCCCNC(=O)OC(C)(C)C)NC1CCN(C(C)C)CC1.I. The number of carbonyl (C=O) groups excluding carboxylic acids is 1. The molecule has 0 unspecified atom stereocenters. The predicted octanol–water partition coefficient (Wildman–Crippen LogP) is 2.95. The lowest BCUT2D eigenvalue weighted by molar-refractivity contribution is 0.0527. The van der Waals surface area contributed by atoms with Crippen molar-refractivity contribution in [3.05, 3.63) is 0 Å². The van der Waals surface area contributed by atoms with Gasteiger partial charge in [-0.2, -0.15) is 0 Å². The number of alkyl carbamates (subject to hydrolysis) is 1. The summed E-state index contributed by atoms with van der Waals surface area (Å²) in [5.41, 5.74) is -0.463. The highest BCUT2D eigenvalue weighted by Gasteiger charge is 2.21. The van der Waals surface area contributed by atoms with Gasteiger partial charge >= 0.3 is 6.09 Å². The second-order valence-electron chi connectivity index (χ2n) is 8.09. The minimum Gasteiger partial charge on any atom is -0.444 e. The fraction of sp³-hybridized carbons (Fsp3) is 0.895. The van der Waals surface area contributed by atoms with Crippen molar-refractivity contribution in [3.8, 4) is 0 Å². The lowest BCUT2D eigenvalue weighted by Crippen LogP contribution is -2.49. The van der Waals surface area contributed by atoms with Crippen molar-refractivity contribution < 1.29 is 9.53 Å². The maximum Gasteiger partial charge on any atom is 0.407 e. The maximum absolute atomic E-state index is 11.6. The molecular weight excluding hydrogens is 457 g/mol. The second kappa shape index (κ2) is 13.4. The van der Waals surface area contributed by atoms with Gasteiger partial charge in [-0.25, -0.2) is 4.79 Å². The molecule has 0 aromatic heterocycles. The van der Waals surface area contributed by atoms with Gasteiger partial charge in [0.05, 0.1) is 0 Å². The van der Waals surface area contributed by atoms with Gasteiger partial charge in [-0.15, -0.1) is 24.0 Å². The van der Waals surface area contributed by atoms with Crippen LogP contribution in [0.3, 0.4) is 0 Å². The van der Waals surface area contributed by atoms with Crippen molar-refractivity contribution >= 4 is 36.0 Å². The number of amides is 1. The van der Waals surface area contributed by atoms with Gasteiger partial charge in [0.1, 0.15) is 5.60 Å². The minimum atomic E-state index is -0.463. The summed E-state index contributed by atoms with van der Waals surface area (Å²) in [5, 5.41) is 9.62. The minimum absolute atomic E-state index is 0. The van der Waals surface area contributed by atoms with Crippen LogP contribution < -0.4 is 16.0 Å². The van der Waals surface area contributed by atoms with Gasteiger partial charge in [0.15, 0.2) is 5.96 Å². The van der Waals surface area contributed by atoms with Gasteiger partial charge in [-0.05, 0) is 60.8 Å². The van der Waals surface area contributed by atoms with Crippen LogP contribution >= 0.6 is 24.0 Å². The van der Waals surface area contributed by atoms with Gasteiger partial charge in [0.2, 0.25) is 0 Å². The van der Waals surface area contributed by atoms with Crippen LogP contribution in [0.1, 0.15) is 60.8 Å². The fourth-order valence-electron chi connectivity index (χ4n) is 2.85. The van der Waals surface area contributed by atoms with E-state index in [-0.39, 0.29) is 30.1 Å². The van der Waals surface area contributed by atoms with Crippen molar-refractivity contribution in [2.45, 2.75) is 78.5 Å². The Kier molecular flexibility index (Phi) is 13.0. The van der Waals surface area contributed by atoms with Gasteiger partial charge in [0.25, 0.3) is 0 Å². The number of piperidine rings is 1. The number of guanidine groups is 1. The van der Waals surface area contributed by atoms with Crippen LogP contribution in [0.25, 0.3) is 0 Å². The van der Waals surface area contributed by atoms with Crippen molar-refractivity contribution in [1.82, 2.24) is 20.9 Å². The number of halogens is 1. The van der Waals surface area contributed by atoms with Crippen LogP contribution in [-0.2, 0) is 4.74 Å². The molecule has 27 heavy (non-hydrogen) atoms. The van der Waals surface area contributed by atoms with Crippen molar-refractivity contribution in [2.75, 3.05) is 32.7 Å². The Labute approximate surface area is 182 Å². The molecule has 0 bridgehead atoms. The molecule has 1 rings (SSSR count). The smallest absolute Gasteiger partial charge is 0.407 e. The molecular formula is C19H40IN5O2. The number of hydrogen-bond donors (Lipinski definition) is 3. The number of likely N-dealkylation sites (tertiary alicyclic amines) is 1. The second-order valence-corrected chi connectivity index (χ2v) is 8.09. The molecule has 0 aromatic rings. The third-order valence-corrected chi connectivity index (χ3v) is 4.22. The van der Waals surface area contributed by atoms with E-state index in [0.29, 0.717) is 25.2 Å². The molecule has 8 heteroatoms. The van der Waals surface area contributed by atoms with E-state index < -0.39 is 5.60 Å². The first-order valence-corrected chi connectivity index (χ1v) is 9.97. The third-order valence-electron chi connectivity index (χ3n) is 4.22. The summed E-state index contributed by atoms with van der Waals surface area (Å²) in [4.78, 5) is 18.7. The Morgan fingerprint density at radius 1 is 1.22 bits per heavy atom. The van der Waals surface area contributed by atoms with E-state index in [1.165, 1.54) is 0 Å². The number of carbonyl (C=O) groups is 1. The summed E-state index contributed by atoms with van der Waals surface area (Å²) in [6, 6.07) is 1.10. The molecule has 1 aliphatic rings. The standard InChI is InChI=1S/C19H39N5O2.HI/c1-7-20-17(23-16-9-13-24(14-10-16)15(2)3)21-11-8-12-22-18(25)26-19(4,5)6;/h15-16H,7-14H2,1-6H3,(H,22,25)(H2,20,21,23);1H. The van der Waals surface area contributed by atoms with Crippen molar-refractivity contribution in [2.24, 2.45) is 4.99 Å². The number of nitrogens with zero attached hydrogens (tertiary/aromatic N) is 2. The molecule has 0 aromatic carbocycles. The van der Waals surface area contributed by atoms with E-state index in [2.05, 4.69) is 46.6 Å². The van der Waals surface area contributed by atoms with Gasteiger partial charge < -0.3 is 25.6 Å². The number of nitrogens with one attached hydrogen (secondary N) is 3. The molecule has 1 heterocycles. The summed E-state index contributed by atoms with van der Waals surface area (Å²) < 4.78 is 5.22. The monoisotopic (exact) mass is 497 g/mol. The molecule has 1 amide bonds. The molecule has 7 nitrogen and oxygen atoms in total. The molecule has 0 spiro atoms. The molecule has 160 valence electrons. The predicted molar refractivity (Wildman–Crippen MR) is 123 cm³/mol. The Morgan fingerprint density at radius 3 is 2.37 bits per heavy atom. The highest BCUT2D eigenvalue weighted by Crippen LogP contribution is 2.12. The topological polar surface area (TPSA) is 78.0 Å². The van der Waals surface area contributed by atoms with E-state index in [9.17, 15) is 4.79 Å². The van der Waals surface area contributed by atoms with Crippen LogP contribution in [0.4, 0.5) is 4.79 Å². The Balaban J connectivity index is 0.00000676. The number of hydrogen-bond acceptors (Lipinski definition) is 4. The van der Waals surface area contributed by atoms with E-state index in [1.54, 1.807) is 0 Å². The van der Waals surface area contributed by atoms with Gasteiger partial charge in [-0.1, -0.05) is 0 Å². The molecule has 0 aliphatic carbocycles. The van der Waals surface area contributed by atoms with E-state index in [0.717, 1.165) is 44.9 Å². The summed E-state index contributed by atoms with van der Waals surface area (Å²) in [5.74, 6) is 0.868. The van der Waals surface area contributed by atoms with E-state index >= 15 is 0 Å². The first-order chi connectivity index (χ1) is 12.2. The molecule has 1 saturated heterocycles. The lowest BCUT2D eigenvalue weighted by atomic mass is 10.0. The Bertz CT molecular complexity index is 444. The quantitative estimate of drug-likeness (QED) is 0.218. The van der Waals surface area contributed by atoms with E-state index in [1.807, 2.05) is 20.8 Å². The van der Waals surface area contributed by atoms with Crippen LogP contribution in [0.5, 0.6) is 0 Å². The van der Waals surface area contributed by atoms with Gasteiger partial charge in [-0.3, -0.25) is 4.99 Å². The number of aliphatic imine (C=N–C) groups is 1. The number of rotatable bonds is 7. The highest BCUT2D eigenvalue weighted by molar-refractivity contribution is 14.0. The fourth-order valence-corrected chi connectivity index (χ4v) is 2.85. The average Bonchev–Trinajstić information content (AvgIpc) is 2.53. The number of ether oxygens (including phenoxy) is 1. The molecule has 0 radical (unpaired) electrons. The van der Waals surface area contributed by atoms with E-state index in [4.69, 9.17) is 4.74 Å². The average molecular weight is 497 g/mol. The first-order valence-electron chi connectivity index (χ1n) is 9.97. The Morgan fingerprint density at radius 2 is 1.85 bits per heavy atom. The van der Waals surface area contributed by atoms with Crippen LogP contribution in [0.15, 0.2) is 4.99 Å². The largest absolute Gasteiger partial charge is 0.444 e. The molecule has 1 aliphatic heterocycles. The summed E-state index contributed by atoms with van der Waals surface area (Å²) in [6.45, 7) is 16.5. The van der Waals surface area contributed by atoms with Crippen LogP contribution in [-0.4, -0.2) is 67.4 Å².